The van der Waals surface area contributed by atoms with Gasteiger partial charge < -0.3 is 30.7 Å². The fourth-order valence-corrected chi connectivity index (χ4v) is 2.56. The molecule has 0 aliphatic carbocycles. The molecule has 0 aliphatic rings. The van der Waals surface area contributed by atoms with E-state index in [0.717, 1.165) is 5.56 Å². The second-order valence-corrected chi connectivity index (χ2v) is 9.46. The van der Waals surface area contributed by atoms with Crippen LogP contribution in [0.5, 0.6) is 0 Å². The summed E-state index contributed by atoms with van der Waals surface area (Å²) in [6.45, 7) is 13.1. The number of nitrogens with one attached hydrogen (secondary N) is 4. The molecular weight excluding hydrogens is 428 g/mol. The highest BCUT2D eigenvalue weighted by atomic mass is 16.6. The lowest BCUT2D eigenvalue weighted by Gasteiger charge is -2.19. The van der Waals surface area contributed by atoms with Gasteiger partial charge >= 0.3 is 12.2 Å². The molecule has 1 rings (SSSR count). The minimum absolute atomic E-state index is 0.198. The number of carbonyl (C=O) groups is 4. The largest absolute Gasteiger partial charge is 0.444 e. The highest BCUT2D eigenvalue weighted by Crippen LogP contribution is 2.10. The first-order valence-electron chi connectivity index (χ1n) is 10.8. The van der Waals surface area contributed by atoms with E-state index in [1.807, 2.05) is 0 Å². The van der Waals surface area contributed by atoms with Crippen molar-refractivity contribution in [3.63, 3.8) is 0 Å². The third kappa shape index (κ3) is 12.4. The van der Waals surface area contributed by atoms with E-state index >= 15 is 0 Å². The Hall–Kier alpha value is -3.30. The zero-order valence-electron chi connectivity index (χ0n) is 20.5. The van der Waals surface area contributed by atoms with Crippen molar-refractivity contribution in [3.05, 3.63) is 34.9 Å². The van der Waals surface area contributed by atoms with E-state index in [0.29, 0.717) is 11.1 Å². The van der Waals surface area contributed by atoms with E-state index in [1.165, 1.54) is 6.07 Å². The van der Waals surface area contributed by atoms with E-state index < -0.39 is 23.4 Å². The van der Waals surface area contributed by atoms with Crippen molar-refractivity contribution in [3.8, 4) is 0 Å². The van der Waals surface area contributed by atoms with Gasteiger partial charge in [-0.25, -0.2) is 9.59 Å². The summed E-state index contributed by atoms with van der Waals surface area (Å²) < 4.78 is 10.2. The number of aryl methyl sites for hydroxylation is 1. The molecule has 0 unspecified atom stereocenters. The lowest BCUT2D eigenvalue weighted by Crippen LogP contribution is -2.38. The number of rotatable bonds is 8. The van der Waals surface area contributed by atoms with Gasteiger partial charge in [0.15, 0.2) is 0 Å². The average molecular weight is 465 g/mol. The molecule has 1 aromatic rings. The maximum Gasteiger partial charge on any atom is 0.407 e. The lowest BCUT2D eigenvalue weighted by atomic mass is 10.1. The average Bonchev–Trinajstić information content (AvgIpc) is 2.65. The van der Waals surface area contributed by atoms with Crippen molar-refractivity contribution in [2.75, 3.05) is 26.2 Å². The SMILES string of the molecule is Cc1cc(C(=O)NCCNC(=O)OC(C)(C)C)cc(C(=O)NCCNC(=O)OC(C)(C)C)c1. The van der Waals surface area contributed by atoms with Crippen molar-refractivity contribution in [2.45, 2.75) is 59.7 Å². The number of amides is 4. The van der Waals surface area contributed by atoms with Crippen molar-refractivity contribution in [1.82, 2.24) is 21.3 Å². The van der Waals surface area contributed by atoms with Crippen molar-refractivity contribution < 1.29 is 28.7 Å². The predicted molar refractivity (Wildman–Crippen MR) is 124 cm³/mol. The van der Waals surface area contributed by atoms with E-state index in [9.17, 15) is 19.2 Å². The van der Waals surface area contributed by atoms with Gasteiger partial charge in [-0.05, 0) is 72.2 Å². The first-order valence-corrected chi connectivity index (χ1v) is 10.8. The summed E-state index contributed by atoms with van der Waals surface area (Å²) in [7, 11) is 0. The van der Waals surface area contributed by atoms with E-state index in [2.05, 4.69) is 21.3 Å². The molecule has 0 radical (unpaired) electrons. The molecule has 0 spiro atoms. The maximum atomic E-state index is 12.4. The van der Waals surface area contributed by atoms with Gasteiger partial charge in [-0.15, -0.1) is 0 Å². The third-order valence-electron chi connectivity index (χ3n) is 3.76. The van der Waals surface area contributed by atoms with Crippen LogP contribution >= 0.6 is 0 Å². The Kier molecular flexibility index (Phi) is 10.2. The van der Waals surface area contributed by atoms with Crippen LogP contribution in [0.3, 0.4) is 0 Å². The Balaban J connectivity index is 2.51. The molecular formula is C23H36N4O6. The van der Waals surface area contributed by atoms with Crippen LogP contribution in [0.15, 0.2) is 18.2 Å². The van der Waals surface area contributed by atoms with Crippen LogP contribution < -0.4 is 21.3 Å². The summed E-state index contributed by atoms with van der Waals surface area (Å²) in [6, 6.07) is 4.81. The van der Waals surface area contributed by atoms with Gasteiger partial charge in [-0.1, -0.05) is 0 Å². The van der Waals surface area contributed by atoms with Gasteiger partial charge in [-0.3, -0.25) is 9.59 Å². The van der Waals surface area contributed by atoms with Crippen LogP contribution in [0.1, 0.15) is 67.8 Å². The molecule has 10 nitrogen and oxygen atoms in total. The summed E-state index contributed by atoms with van der Waals surface area (Å²) in [5.41, 5.74) is 0.190. The molecule has 0 saturated carbocycles. The topological polar surface area (TPSA) is 135 Å². The van der Waals surface area contributed by atoms with Crippen LogP contribution in [0.2, 0.25) is 0 Å². The number of ether oxygens (including phenoxy) is 2. The second-order valence-electron chi connectivity index (χ2n) is 9.46. The molecule has 1 aromatic carbocycles. The molecule has 0 saturated heterocycles. The normalized spacial score (nSPS) is 11.2. The first-order chi connectivity index (χ1) is 15.2. The van der Waals surface area contributed by atoms with E-state index in [1.54, 1.807) is 60.6 Å². The minimum atomic E-state index is -0.600. The van der Waals surface area contributed by atoms with Crippen LogP contribution in [0.4, 0.5) is 9.59 Å². The Morgan fingerprint density at radius 2 is 0.970 bits per heavy atom. The number of alkyl carbamates (subject to hydrolysis) is 2. The molecule has 4 N–H and O–H groups in total. The first kappa shape index (κ1) is 27.7. The van der Waals surface area contributed by atoms with Crippen molar-refractivity contribution in [1.29, 1.82) is 0 Å². The summed E-state index contributed by atoms with van der Waals surface area (Å²) >= 11 is 0. The molecule has 33 heavy (non-hydrogen) atoms. The van der Waals surface area contributed by atoms with Gasteiger partial charge in [0.05, 0.1) is 0 Å². The van der Waals surface area contributed by atoms with Gasteiger partial charge in [0.2, 0.25) is 0 Å². The summed E-state index contributed by atoms with van der Waals surface area (Å²) in [6.07, 6.45) is -1.13. The highest BCUT2D eigenvalue weighted by Gasteiger charge is 2.17. The zero-order chi connectivity index (χ0) is 25.2. The van der Waals surface area contributed by atoms with Crippen molar-refractivity contribution in [2.24, 2.45) is 0 Å². The lowest BCUT2D eigenvalue weighted by molar-refractivity contribution is 0.0516. The number of hydrogen-bond acceptors (Lipinski definition) is 6. The van der Waals surface area contributed by atoms with Gasteiger partial charge in [0, 0.05) is 37.3 Å². The molecule has 0 bridgehead atoms. The molecule has 0 aliphatic heterocycles. The summed E-state index contributed by atoms with van der Waals surface area (Å²) in [4.78, 5) is 48.1. The standard InChI is InChI=1S/C23H36N4O6/c1-15-12-16(18(28)24-8-10-26-20(30)32-22(2,3)4)14-17(13-15)19(29)25-9-11-27-21(31)33-23(5,6)7/h12-14H,8-11H2,1-7H3,(H,24,28)(H,25,29)(H,26,30)(H,27,31). The van der Waals surface area contributed by atoms with Crippen molar-refractivity contribution >= 4 is 24.0 Å². The van der Waals surface area contributed by atoms with Gasteiger partial charge in [0.25, 0.3) is 11.8 Å². The number of hydrogen-bond donors (Lipinski definition) is 4. The number of benzene rings is 1. The molecule has 0 heterocycles. The second kappa shape index (κ2) is 12.1. The molecule has 0 fully saturated rings. The Morgan fingerprint density at radius 1 is 0.636 bits per heavy atom. The van der Waals surface area contributed by atoms with Crippen LogP contribution in [-0.4, -0.2) is 61.4 Å². The maximum absolute atomic E-state index is 12.4. The predicted octanol–water partition coefficient (Wildman–Crippen LogP) is 2.50. The summed E-state index contributed by atoms with van der Waals surface area (Å²) in [5, 5.41) is 10.5. The molecule has 184 valence electrons. The quantitative estimate of drug-likeness (QED) is 0.437. The van der Waals surface area contributed by atoms with Crippen LogP contribution in [0.25, 0.3) is 0 Å². The monoisotopic (exact) mass is 464 g/mol. The van der Waals surface area contributed by atoms with E-state index in [4.69, 9.17) is 9.47 Å². The fourth-order valence-electron chi connectivity index (χ4n) is 2.56. The van der Waals surface area contributed by atoms with Gasteiger partial charge in [0.1, 0.15) is 11.2 Å². The Bertz CT molecular complexity index is 789. The minimum Gasteiger partial charge on any atom is -0.444 e. The van der Waals surface area contributed by atoms with Crippen LogP contribution in [-0.2, 0) is 9.47 Å². The van der Waals surface area contributed by atoms with Gasteiger partial charge in [-0.2, -0.15) is 0 Å². The zero-order valence-corrected chi connectivity index (χ0v) is 20.5. The molecule has 10 heteroatoms. The number of carbonyl (C=O) groups excluding carboxylic acids is 4. The molecule has 0 atom stereocenters. The molecule has 4 amide bonds. The third-order valence-corrected chi connectivity index (χ3v) is 3.76. The smallest absolute Gasteiger partial charge is 0.407 e. The Morgan fingerprint density at radius 3 is 1.30 bits per heavy atom. The highest BCUT2D eigenvalue weighted by molar-refractivity contribution is 6.00. The molecule has 0 aromatic heterocycles. The van der Waals surface area contributed by atoms with E-state index in [-0.39, 0.29) is 38.0 Å². The fraction of sp³-hybridized carbons (Fsp3) is 0.565. The van der Waals surface area contributed by atoms with Crippen LogP contribution in [0, 0.1) is 6.92 Å². The Labute approximate surface area is 195 Å². The summed E-state index contributed by atoms with van der Waals surface area (Å²) in [5.74, 6) is -0.740.